The minimum atomic E-state index is -2.81. The van der Waals surface area contributed by atoms with Crippen LogP contribution < -0.4 is 10.6 Å². The van der Waals surface area contributed by atoms with E-state index in [9.17, 15) is 8.42 Å². The Balaban J connectivity index is 1.69. The fourth-order valence-corrected chi connectivity index (χ4v) is 4.43. The monoisotopic (exact) mass is 276 g/mol. The van der Waals surface area contributed by atoms with Crippen LogP contribution in [0.25, 0.3) is 0 Å². The highest BCUT2D eigenvalue weighted by molar-refractivity contribution is 7.91. The van der Waals surface area contributed by atoms with Crippen LogP contribution in [0.15, 0.2) is 0 Å². The second kappa shape index (κ2) is 6.32. The van der Waals surface area contributed by atoms with Gasteiger partial charge in [0.15, 0.2) is 9.84 Å². The summed E-state index contributed by atoms with van der Waals surface area (Å²) in [4.78, 5) is 0. The lowest BCUT2D eigenvalue weighted by Crippen LogP contribution is -2.47. The summed E-state index contributed by atoms with van der Waals surface area (Å²) in [7, 11) is -1.05. The maximum Gasteiger partial charge on any atom is 0.153 e. The second-order valence-corrected chi connectivity index (χ2v) is 7.55. The Kier molecular flexibility index (Phi) is 5.00. The molecule has 1 heterocycles. The van der Waals surface area contributed by atoms with Crippen LogP contribution in [0.1, 0.15) is 25.7 Å². The average Bonchev–Trinajstić information content (AvgIpc) is 2.75. The van der Waals surface area contributed by atoms with Gasteiger partial charge in [0.2, 0.25) is 0 Å². The maximum absolute atomic E-state index is 11.5. The van der Waals surface area contributed by atoms with Gasteiger partial charge in [-0.25, -0.2) is 8.42 Å². The molecule has 6 heteroatoms. The fourth-order valence-electron chi connectivity index (χ4n) is 2.94. The first-order valence-electron chi connectivity index (χ1n) is 6.81. The van der Waals surface area contributed by atoms with E-state index in [4.69, 9.17) is 4.74 Å². The molecule has 0 aromatic carbocycles. The summed E-state index contributed by atoms with van der Waals surface area (Å²) in [5, 5.41) is 6.77. The summed E-state index contributed by atoms with van der Waals surface area (Å²) in [5.41, 5.74) is 0. The van der Waals surface area contributed by atoms with Crippen LogP contribution in [0.2, 0.25) is 0 Å². The average molecular weight is 276 g/mol. The zero-order chi connectivity index (χ0) is 13.0. The molecule has 0 aromatic rings. The standard InChI is InChI=1S/C12H24N2O3S/c1-17-12-4-2-3-11(12)14-6-5-10-9-18(15,16)8-7-13-10/h10-14H,2-9H2,1H3. The van der Waals surface area contributed by atoms with E-state index in [1.807, 2.05) is 0 Å². The van der Waals surface area contributed by atoms with E-state index in [0.29, 0.717) is 18.7 Å². The largest absolute Gasteiger partial charge is 0.380 e. The molecule has 1 saturated carbocycles. The van der Waals surface area contributed by atoms with Gasteiger partial charge in [-0.05, 0) is 32.2 Å². The molecule has 2 fully saturated rings. The molecule has 2 aliphatic rings. The molecule has 0 bridgehead atoms. The fraction of sp³-hybridized carbons (Fsp3) is 1.00. The predicted octanol–water partition coefficient (Wildman–Crippen LogP) is -0.0798. The normalized spacial score (nSPS) is 35.7. The molecule has 3 unspecified atom stereocenters. The number of hydrogen-bond donors (Lipinski definition) is 2. The van der Waals surface area contributed by atoms with E-state index in [2.05, 4.69) is 10.6 Å². The third-order valence-corrected chi connectivity index (χ3v) is 5.69. The van der Waals surface area contributed by atoms with Crippen LogP contribution in [0.4, 0.5) is 0 Å². The molecule has 3 atom stereocenters. The Labute approximate surface area is 110 Å². The number of sulfone groups is 1. The van der Waals surface area contributed by atoms with Crippen LogP contribution >= 0.6 is 0 Å². The van der Waals surface area contributed by atoms with Gasteiger partial charge >= 0.3 is 0 Å². The van der Waals surface area contributed by atoms with E-state index >= 15 is 0 Å². The van der Waals surface area contributed by atoms with E-state index in [1.165, 1.54) is 6.42 Å². The molecule has 0 radical (unpaired) electrons. The van der Waals surface area contributed by atoms with Crippen LogP contribution in [-0.4, -0.2) is 58.3 Å². The molecule has 0 spiro atoms. The maximum atomic E-state index is 11.5. The van der Waals surface area contributed by atoms with Crippen molar-refractivity contribution in [1.82, 2.24) is 10.6 Å². The number of ether oxygens (including phenoxy) is 1. The lowest BCUT2D eigenvalue weighted by molar-refractivity contribution is 0.0850. The van der Waals surface area contributed by atoms with Gasteiger partial charge in [0.25, 0.3) is 0 Å². The molecule has 2 rings (SSSR count). The van der Waals surface area contributed by atoms with E-state index < -0.39 is 9.84 Å². The molecule has 0 amide bonds. The van der Waals surface area contributed by atoms with E-state index in [0.717, 1.165) is 25.8 Å². The van der Waals surface area contributed by atoms with E-state index in [-0.39, 0.29) is 17.5 Å². The van der Waals surface area contributed by atoms with Gasteiger partial charge in [0, 0.05) is 25.7 Å². The highest BCUT2D eigenvalue weighted by Crippen LogP contribution is 2.21. The molecule has 0 aromatic heterocycles. The Morgan fingerprint density at radius 1 is 1.39 bits per heavy atom. The molecule has 1 aliphatic heterocycles. The van der Waals surface area contributed by atoms with Crippen LogP contribution in [-0.2, 0) is 14.6 Å². The first-order valence-corrected chi connectivity index (χ1v) is 8.63. The first-order chi connectivity index (χ1) is 8.61. The van der Waals surface area contributed by atoms with Crippen molar-refractivity contribution >= 4 is 9.84 Å². The molecule has 1 saturated heterocycles. The Hall–Kier alpha value is -0.170. The van der Waals surface area contributed by atoms with Crippen molar-refractivity contribution in [2.24, 2.45) is 0 Å². The van der Waals surface area contributed by atoms with Crippen LogP contribution in [0, 0.1) is 0 Å². The number of rotatable bonds is 5. The Morgan fingerprint density at radius 2 is 2.22 bits per heavy atom. The van der Waals surface area contributed by atoms with Gasteiger partial charge in [-0.1, -0.05) is 0 Å². The zero-order valence-electron chi connectivity index (χ0n) is 11.0. The lowest BCUT2D eigenvalue weighted by atomic mass is 10.2. The van der Waals surface area contributed by atoms with Gasteiger partial charge in [0.05, 0.1) is 17.6 Å². The summed E-state index contributed by atoms with van der Waals surface area (Å²) < 4.78 is 28.4. The predicted molar refractivity (Wildman–Crippen MR) is 71.5 cm³/mol. The van der Waals surface area contributed by atoms with Crippen molar-refractivity contribution in [2.45, 2.75) is 43.9 Å². The topological polar surface area (TPSA) is 67.4 Å². The van der Waals surface area contributed by atoms with Gasteiger partial charge in [-0.2, -0.15) is 0 Å². The first kappa shape index (κ1) is 14.2. The summed E-state index contributed by atoms with van der Waals surface area (Å²) in [5.74, 6) is 0.568. The Morgan fingerprint density at radius 3 is 2.94 bits per heavy atom. The quantitative estimate of drug-likeness (QED) is 0.735. The van der Waals surface area contributed by atoms with Gasteiger partial charge < -0.3 is 15.4 Å². The molecule has 2 N–H and O–H groups in total. The van der Waals surface area contributed by atoms with Crippen LogP contribution in [0.3, 0.4) is 0 Å². The smallest absolute Gasteiger partial charge is 0.153 e. The van der Waals surface area contributed by atoms with Gasteiger partial charge in [0.1, 0.15) is 0 Å². The van der Waals surface area contributed by atoms with Crippen molar-refractivity contribution in [2.75, 3.05) is 31.7 Å². The van der Waals surface area contributed by atoms with E-state index in [1.54, 1.807) is 7.11 Å². The highest BCUT2D eigenvalue weighted by atomic mass is 32.2. The second-order valence-electron chi connectivity index (χ2n) is 5.32. The minimum absolute atomic E-state index is 0.110. The number of hydrogen-bond acceptors (Lipinski definition) is 5. The molecule has 18 heavy (non-hydrogen) atoms. The number of nitrogens with one attached hydrogen (secondary N) is 2. The third kappa shape index (κ3) is 3.91. The summed E-state index contributed by atoms with van der Waals surface area (Å²) in [6.45, 7) is 1.45. The van der Waals surface area contributed by atoms with Gasteiger partial charge in [-0.3, -0.25) is 0 Å². The lowest BCUT2D eigenvalue weighted by Gasteiger charge is -2.25. The minimum Gasteiger partial charge on any atom is -0.380 e. The molecule has 5 nitrogen and oxygen atoms in total. The summed E-state index contributed by atoms with van der Waals surface area (Å²) >= 11 is 0. The Bertz CT molecular complexity index is 358. The van der Waals surface area contributed by atoms with Crippen LogP contribution in [0.5, 0.6) is 0 Å². The molecular weight excluding hydrogens is 252 g/mol. The van der Waals surface area contributed by atoms with Crippen molar-refractivity contribution in [3.8, 4) is 0 Å². The summed E-state index contributed by atoms with van der Waals surface area (Å²) in [6, 6.07) is 0.550. The van der Waals surface area contributed by atoms with Crippen molar-refractivity contribution in [1.29, 1.82) is 0 Å². The molecular formula is C12H24N2O3S. The van der Waals surface area contributed by atoms with Crippen molar-refractivity contribution < 1.29 is 13.2 Å². The van der Waals surface area contributed by atoms with Crippen molar-refractivity contribution in [3.63, 3.8) is 0 Å². The molecule has 1 aliphatic carbocycles. The van der Waals surface area contributed by atoms with Gasteiger partial charge in [-0.15, -0.1) is 0 Å². The zero-order valence-corrected chi connectivity index (χ0v) is 11.8. The third-order valence-electron chi connectivity index (χ3n) is 3.96. The highest BCUT2D eigenvalue weighted by Gasteiger charge is 2.27. The number of methoxy groups -OCH3 is 1. The van der Waals surface area contributed by atoms with Crippen molar-refractivity contribution in [3.05, 3.63) is 0 Å². The molecule has 106 valence electrons. The SMILES string of the molecule is COC1CCCC1NCCC1CS(=O)(=O)CCN1. The summed E-state index contributed by atoms with van der Waals surface area (Å²) in [6.07, 6.45) is 4.70.